The molecule has 0 radical (unpaired) electrons. The van der Waals surface area contributed by atoms with Gasteiger partial charge < -0.3 is 53.4 Å². The summed E-state index contributed by atoms with van der Waals surface area (Å²) in [6.07, 6.45) is 0.201. The lowest BCUT2D eigenvalue weighted by atomic mass is 9.80. The van der Waals surface area contributed by atoms with Crippen molar-refractivity contribution in [2.45, 2.75) is 180 Å². The number of aliphatic hydroxyl groups is 3. The number of aryl methyl sites for hydroxylation is 1. The van der Waals surface area contributed by atoms with Crippen LogP contribution < -0.4 is 0 Å². The number of ketones is 1. The van der Waals surface area contributed by atoms with Crippen LogP contribution in [-0.2, 0) is 54.7 Å². The molecule has 2 fully saturated rings. The monoisotopic (exact) mass is 941 g/mol. The molecule has 1 aromatic carbocycles. The Labute approximate surface area is 398 Å². The summed E-state index contributed by atoms with van der Waals surface area (Å²) in [4.78, 5) is 29.8. The van der Waals surface area contributed by atoms with E-state index in [2.05, 4.69) is 55.3 Å². The molecule has 67 heavy (non-hydrogen) atoms. The Morgan fingerprint density at radius 2 is 1.54 bits per heavy atom. The average Bonchev–Trinajstić information content (AvgIpc) is 3.77. The molecule has 3 N–H and O–H groups in total. The van der Waals surface area contributed by atoms with Crippen LogP contribution in [0.2, 0.25) is 0 Å². The zero-order chi connectivity index (χ0) is 49.3. The van der Waals surface area contributed by atoms with Gasteiger partial charge in [0.1, 0.15) is 36.2 Å². The van der Waals surface area contributed by atoms with E-state index in [1.54, 1.807) is 49.7 Å². The third-order valence-electron chi connectivity index (χ3n) is 13.9. The first kappa shape index (κ1) is 54.5. The second-order valence-electron chi connectivity index (χ2n) is 20.3. The van der Waals surface area contributed by atoms with Gasteiger partial charge in [-0.2, -0.15) is 0 Å². The van der Waals surface area contributed by atoms with Crippen LogP contribution in [0.5, 0.6) is 0 Å². The molecule has 4 heterocycles. The van der Waals surface area contributed by atoms with Crippen molar-refractivity contribution in [3.63, 3.8) is 0 Å². The summed E-state index contributed by atoms with van der Waals surface area (Å²) in [6.45, 7) is 18.3. The maximum absolute atomic E-state index is 14.1. The Morgan fingerprint density at radius 3 is 2.16 bits per heavy atom. The maximum atomic E-state index is 14.1. The number of hydrogen-bond donors (Lipinski definition) is 3. The number of allylic oxidation sites excluding steroid dienone is 3. The quantitative estimate of drug-likeness (QED) is 0.209. The van der Waals surface area contributed by atoms with Gasteiger partial charge in [0.2, 0.25) is 0 Å². The van der Waals surface area contributed by atoms with Crippen LogP contribution in [0.4, 0.5) is 0 Å². The number of nitrogens with zero attached hydrogens (tertiary/aromatic N) is 4. The second-order valence-corrected chi connectivity index (χ2v) is 20.3. The number of likely N-dealkylation sites (N-methyl/N-ethyl adjacent to an activating group) is 1. The smallest absolute Gasteiger partial charge is 0.306 e. The van der Waals surface area contributed by atoms with Crippen molar-refractivity contribution in [3.8, 4) is 11.3 Å². The van der Waals surface area contributed by atoms with E-state index in [0.29, 0.717) is 32.2 Å². The van der Waals surface area contributed by atoms with Gasteiger partial charge in [-0.1, -0.05) is 88.7 Å². The topological polar surface area (TPSA) is 193 Å². The molecule has 0 saturated carbocycles. The lowest BCUT2D eigenvalue weighted by Crippen LogP contribution is -2.63. The zero-order valence-electron chi connectivity index (χ0n) is 42.1. The van der Waals surface area contributed by atoms with E-state index in [-0.39, 0.29) is 42.0 Å². The number of hydrogen-bond acceptors (Lipinski definition) is 15. The summed E-state index contributed by atoms with van der Waals surface area (Å²) in [5.41, 5.74) is 3.71. The average molecular weight is 941 g/mol. The minimum Gasteiger partial charge on any atom is -0.462 e. The Morgan fingerprint density at radius 1 is 0.881 bits per heavy atom. The van der Waals surface area contributed by atoms with Gasteiger partial charge in [-0.25, -0.2) is 0 Å². The molecular formula is C51H80N4O12. The summed E-state index contributed by atoms with van der Waals surface area (Å²) in [5, 5.41) is 42.5. The van der Waals surface area contributed by atoms with Crippen LogP contribution in [0.25, 0.3) is 11.3 Å². The van der Waals surface area contributed by atoms with Crippen LogP contribution in [-0.4, -0.2) is 155 Å². The highest BCUT2D eigenvalue weighted by Gasteiger charge is 2.47. The van der Waals surface area contributed by atoms with Crippen molar-refractivity contribution in [1.82, 2.24) is 19.9 Å². The first-order valence-corrected chi connectivity index (χ1v) is 24.1. The van der Waals surface area contributed by atoms with Crippen molar-refractivity contribution < 1.29 is 58.1 Å². The van der Waals surface area contributed by atoms with Gasteiger partial charge in [-0.05, 0) is 89.4 Å². The molecule has 16 nitrogen and oxygen atoms in total. The van der Waals surface area contributed by atoms with Crippen molar-refractivity contribution in [1.29, 1.82) is 0 Å². The highest BCUT2D eigenvalue weighted by Crippen LogP contribution is 2.36. The Balaban J connectivity index is 1.45. The van der Waals surface area contributed by atoms with E-state index in [9.17, 15) is 24.9 Å². The Bertz CT molecular complexity index is 1930. The van der Waals surface area contributed by atoms with E-state index in [0.717, 1.165) is 16.8 Å². The molecule has 376 valence electrons. The molecule has 16 atom stereocenters. The largest absolute Gasteiger partial charge is 0.462 e. The number of cyclic esters (lactones) is 1. The first-order valence-electron chi connectivity index (χ1n) is 24.1. The molecular weight excluding hydrogens is 861 g/mol. The summed E-state index contributed by atoms with van der Waals surface area (Å²) in [6, 6.07) is 7.68. The molecule has 0 aliphatic carbocycles. The predicted molar refractivity (Wildman–Crippen MR) is 253 cm³/mol. The molecule has 8 unspecified atom stereocenters. The fraction of sp³-hybridized carbons (Fsp3) is 0.725. The van der Waals surface area contributed by atoms with E-state index in [4.69, 9.17) is 33.2 Å². The van der Waals surface area contributed by atoms with Crippen molar-refractivity contribution in [2.75, 3.05) is 34.9 Å². The predicted octanol–water partition coefficient (Wildman–Crippen LogP) is 5.65. The minimum absolute atomic E-state index is 0.0157. The Kier molecular flexibility index (Phi) is 19.9. The van der Waals surface area contributed by atoms with Gasteiger partial charge in [0.05, 0.1) is 43.3 Å². The molecule has 3 aliphatic heterocycles. The number of benzene rings is 1. The van der Waals surface area contributed by atoms with E-state index in [1.165, 1.54) is 19.8 Å². The second kappa shape index (κ2) is 24.4. The third-order valence-corrected chi connectivity index (χ3v) is 13.9. The first-order chi connectivity index (χ1) is 31.7. The minimum atomic E-state index is -1.20. The zero-order valence-corrected chi connectivity index (χ0v) is 42.1. The fourth-order valence-corrected chi connectivity index (χ4v) is 9.66. The molecule has 2 saturated heterocycles. The molecule has 0 bridgehead atoms. The lowest BCUT2D eigenvalue weighted by molar-refractivity contribution is -0.304. The molecule has 16 heteroatoms. The van der Waals surface area contributed by atoms with E-state index >= 15 is 0 Å². The molecule has 5 rings (SSSR count). The van der Waals surface area contributed by atoms with Crippen LogP contribution in [0.3, 0.4) is 0 Å². The lowest BCUT2D eigenvalue weighted by Gasteiger charge is -2.46. The highest BCUT2D eigenvalue weighted by atomic mass is 16.7. The summed E-state index contributed by atoms with van der Waals surface area (Å²) in [7, 11) is 6.59. The van der Waals surface area contributed by atoms with Gasteiger partial charge in [0.25, 0.3) is 0 Å². The van der Waals surface area contributed by atoms with E-state index in [1.807, 2.05) is 40.0 Å². The number of carbonyl (C=O) groups is 2. The molecule has 3 aliphatic rings. The van der Waals surface area contributed by atoms with E-state index < -0.39 is 85.4 Å². The molecule has 1 aromatic heterocycles. The number of carbonyl (C=O) groups excluding carboxylic acids is 2. The summed E-state index contributed by atoms with van der Waals surface area (Å²) in [5.74, 6) is -1.89. The number of aliphatic hydroxyl groups excluding tert-OH is 3. The number of aromatic nitrogens is 3. The summed E-state index contributed by atoms with van der Waals surface area (Å²) >= 11 is 0. The van der Waals surface area contributed by atoms with Gasteiger partial charge >= 0.3 is 5.97 Å². The summed E-state index contributed by atoms with van der Waals surface area (Å²) < 4.78 is 44.8. The molecule has 0 spiro atoms. The standard InChI is InChI=1S/C51H80N4O12/c1-14-40-36(28-63-50-48(62-13)47(61-12)44(59)33(6)65-50)25-29(2)15-21-39(56)31(4)26-35(23-24-55-27-38(52-53-55)34-17-19-37(20-18-34)51(7,8)9)46(30(3)16-22-41(57)66-40)67-49-45(60)42(54(10)11)43(58)32(5)64-49/h15,17-21,25,27,30-33,35-36,40,42-50,58-60H,14,16,22-24,26,28H2,1-13H3/b21-15+,29-25+/t30-,31+,32+,33?,35-,36+,40+,42?,43?,44?,45?,46+,47?,48?,49-,50?/m0/s1. The van der Waals surface area contributed by atoms with Gasteiger partial charge in [0.15, 0.2) is 18.4 Å². The maximum Gasteiger partial charge on any atom is 0.306 e. The van der Waals surface area contributed by atoms with Crippen LogP contribution >= 0.6 is 0 Å². The van der Waals surface area contributed by atoms with Gasteiger partial charge in [-0.15, -0.1) is 5.10 Å². The third kappa shape index (κ3) is 14.1. The van der Waals surface area contributed by atoms with Crippen molar-refractivity contribution >= 4 is 11.8 Å². The van der Waals surface area contributed by atoms with Crippen LogP contribution in [0.15, 0.2) is 54.3 Å². The Hall–Kier alpha value is -3.42. The molecule has 2 aromatic rings. The van der Waals surface area contributed by atoms with Gasteiger partial charge in [0, 0.05) is 44.6 Å². The highest BCUT2D eigenvalue weighted by molar-refractivity contribution is 5.91. The number of ether oxygens (including phenoxy) is 7. The number of rotatable bonds is 13. The van der Waals surface area contributed by atoms with Crippen LogP contribution in [0.1, 0.15) is 100.0 Å². The van der Waals surface area contributed by atoms with Crippen molar-refractivity contribution in [3.05, 3.63) is 59.8 Å². The van der Waals surface area contributed by atoms with Crippen molar-refractivity contribution in [2.24, 2.45) is 23.7 Å². The number of methoxy groups -OCH3 is 2. The van der Waals surface area contributed by atoms with Gasteiger partial charge in [-0.3, -0.25) is 14.3 Å². The fourth-order valence-electron chi connectivity index (χ4n) is 9.66. The number of esters is 1. The SMILES string of the molecule is CC[C@H]1OC(=O)CC[C@H](C)[C@@H](O[C@@H]2O[C@H](C)C(O)C(N(C)C)C2O)[C@@H](CCn2cc(-c3ccc(C(C)(C)C)cc3)nn2)C[C@@H](C)C(=O)/C=C/C(C)=C/[C@@H]1COC1OC(C)C(O)C(OC)C1OC. The molecule has 0 amide bonds. The van der Waals surface area contributed by atoms with Crippen LogP contribution in [0, 0.1) is 23.7 Å². The normalized spacial score (nSPS) is 36.6.